The Kier molecular flexibility index (Phi) is 3.60. The van der Waals surface area contributed by atoms with Gasteiger partial charge in [0.15, 0.2) is 0 Å². The molecule has 1 saturated carbocycles. The molecule has 1 aliphatic rings. The van der Waals surface area contributed by atoms with Crippen LogP contribution in [0.5, 0.6) is 0 Å². The van der Waals surface area contributed by atoms with Crippen molar-refractivity contribution < 1.29 is 4.74 Å². The molecular weight excluding hydrogens is 138 g/mol. The number of ether oxygens (including phenoxy) is 1. The summed E-state index contributed by atoms with van der Waals surface area (Å²) in [5, 5.41) is 0. The Morgan fingerprint density at radius 3 is 2.82 bits per heavy atom. The molecule has 1 rings (SSSR count). The average molecular weight is 155 g/mol. The Labute approximate surface area is 68.4 Å². The molecule has 2 nitrogen and oxygen atoms in total. The second-order valence-electron chi connectivity index (χ2n) is 3.16. The van der Waals surface area contributed by atoms with Crippen molar-refractivity contribution in [3.63, 3.8) is 0 Å². The lowest BCUT2D eigenvalue weighted by molar-refractivity contribution is -0.00889. The molecule has 2 heteroatoms. The molecule has 0 aromatic rings. The van der Waals surface area contributed by atoms with E-state index in [0.717, 1.165) is 32.3 Å². The third kappa shape index (κ3) is 3.04. The number of hydrogen-bond acceptors (Lipinski definition) is 2. The third-order valence-electron chi connectivity index (χ3n) is 2.04. The second kappa shape index (κ2) is 4.52. The summed E-state index contributed by atoms with van der Waals surface area (Å²) in [6, 6.07) is 0.402. The first-order valence-corrected chi connectivity index (χ1v) is 4.31. The summed E-state index contributed by atoms with van der Waals surface area (Å²) in [5.41, 5.74) is 5.60. The van der Waals surface area contributed by atoms with Gasteiger partial charge in [0.2, 0.25) is 0 Å². The molecule has 2 N–H and O–H groups in total. The summed E-state index contributed by atoms with van der Waals surface area (Å²) in [7, 11) is 0. The molecule has 1 aliphatic carbocycles. The Bertz CT molecular complexity index is 119. The van der Waals surface area contributed by atoms with E-state index in [0.29, 0.717) is 12.1 Å². The smallest absolute Gasteiger partial charge is 0.0604 e. The quantitative estimate of drug-likeness (QED) is 0.482. The number of nitrogens with two attached hydrogens (primary N) is 1. The lowest BCUT2D eigenvalue weighted by Gasteiger charge is -2.32. The maximum atomic E-state index is 5.60. The molecule has 0 atom stereocenters. The van der Waals surface area contributed by atoms with E-state index in [9.17, 15) is 0 Å². The van der Waals surface area contributed by atoms with Gasteiger partial charge >= 0.3 is 0 Å². The Balaban J connectivity index is 1.84. The normalized spacial score (nSPS) is 29.5. The second-order valence-corrected chi connectivity index (χ2v) is 3.16. The maximum Gasteiger partial charge on any atom is 0.0604 e. The zero-order valence-corrected chi connectivity index (χ0v) is 6.96. The van der Waals surface area contributed by atoms with Gasteiger partial charge in [-0.3, -0.25) is 0 Å². The van der Waals surface area contributed by atoms with Crippen LogP contribution in [-0.2, 0) is 4.74 Å². The highest BCUT2D eigenvalue weighted by Crippen LogP contribution is 2.21. The van der Waals surface area contributed by atoms with E-state index in [-0.39, 0.29) is 0 Å². The zero-order valence-electron chi connectivity index (χ0n) is 6.96. The predicted octanol–water partition coefficient (Wildman–Crippen LogP) is 1.46. The van der Waals surface area contributed by atoms with Crippen LogP contribution in [-0.4, -0.2) is 18.8 Å². The molecule has 0 unspecified atom stereocenters. The van der Waals surface area contributed by atoms with E-state index in [2.05, 4.69) is 6.58 Å². The van der Waals surface area contributed by atoms with Crippen molar-refractivity contribution >= 4 is 0 Å². The monoisotopic (exact) mass is 155 g/mol. The van der Waals surface area contributed by atoms with Gasteiger partial charge in [-0.15, -0.1) is 6.58 Å². The van der Waals surface area contributed by atoms with Gasteiger partial charge in [-0.25, -0.2) is 0 Å². The van der Waals surface area contributed by atoms with Gasteiger partial charge < -0.3 is 10.5 Å². The van der Waals surface area contributed by atoms with Gasteiger partial charge in [0.05, 0.1) is 6.10 Å². The minimum absolute atomic E-state index is 0.402. The first-order chi connectivity index (χ1) is 5.33. The molecule has 0 amide bonds. The summed E-state index contributed by atoms with van der Waals surface area (Å²) >= 11 is 0. The molecule has 0 saturated heterocycles. The number of allylic oxidation sites excluding steroid dienone is 1. The highest BCUT2D eigenvalue weighted by Gasteiger charge is 2.25. The van der Waals surface area contributed by atoms with Crippen molar-refractivity contribution in [2.24, 2.45) is 5.73 Å². The summed E-state index contributed by atoms with van der Waals surface area (Å²) in [6.45, 7) is 4.51. The highest BCUT2D eigenvalue weighted by molar-refractivity contribution is 4.82. The fourth-order valence-electron chi connectivity index (χ4n) is 1.22. The van der Waals surface area contributed by atoms with Crippen LogP contribution in [0.3, 0.4) is 0 Å². The van der Waals surface area contributed by atoms with Crippen LogP contribution in [0, 0.1) is 0 Å². The molecular formula is C9H17NO. The minimum Gasteiger partial charge on any atom is -0.378 e. The number of unbranched alkanes of at least 4 members (excludes halogenated alkanes) is 1. The van der Waals surface area contributed by atoms with E-state index in [1.807, 2.05) is 6.08 Å². The van der Waals surface area contributed by atoms with E-state index < -0.39 is 0 Å². The fourth-order valence-corrected chi connectivity index (χ4v) is 1.22. The van der Waals surface area contributed by atoms with Crippen molar-refractivity contribution in [2.45, 2.75) is 37.8 Å². The highest BCUT2D eigenvalue weighted by atomic mass is 16.5. The summed E-state index contributed by atoms with van der Waals surface area (Å²) in [6.07, 6.45) is 6.63. The standard InChI is InChI=1S/C9H17NO/c1-2-3-4-5-11-9-6-8(10)7-9/h2,8-9H,1,3-7,10H2. The summed E-state index contributed by atoms with van der Waals surface area (Å²) in [4.78, 5) is 0. The van der Waals surface area contributed by atoms with Crippen molar-refractivity contribution in [1.29, 1.82) is 0 Å². The number of hydrogen-bond donors (Lipinski definition) is 1. The van der Waals surface area contributed by atoms with Crippen molar-refractivity contribution in [3.8, 4) is 0 Å². The van der Waals surface area contributed by atoms with Gasteiger partial charge in [0, 0.05) is 12.6 Å². The molecule has 0 aliphatic heterocycles. The lowest BCUT2D eigenvalue weighted by Crippen LogP contribution is -2.41. The predicted molar refractivity (Wildman–Crippen MR) is 46.4 cm³/mol. The van der Waals surface area contributed by atoms with Crippen LogP contribution in [0.15, 0.2) is 12.7 Å². The molecule has 64 valence electrons. The van der Waals surface area contributed by atoms with Crippen LogP contribution >= 0.6 is 0 Å². The average Bonchev–Trinajstić information content (AvgIpc) is 1.94. The molecule has 11 heavy (non-hydrogen) atoms. The third-order valence-corrected chi connectivity index (χ3v) is 2.04. The van der Waals surface area contributed by atoms with Gasteiger partial charge in [-0.05, 0) is 25.7 Å². The Morgan fingerprint density at radius 2 is 2.27 bits per heavy atom. The molecule has 1 fully saturated rings. The van der Waals surface area contributed by atoms with Gasteiger partial charge in [0.1, 0.15) is 0 Å². The summed E-state index contributed by atoms with van der Waals surface area (Å²) < 4.78 is 5.52. The Morgan fingerprint density at radius 1 is 1.55 bits per heavy atom. The van der Waals surface area contributed by atoms with Crippen molar-refractivity contribution in [1.82, 2.24) is 0 Å². The molecule has 0 aromatic carbocycles. The van der Waals surface area contributed by atoms with Crippen molar-refractivity contribution in [3.05, 3.63) is 12.7 Å². The maximum absolute atomic E-state index is 5.60. The van der Waals surface area contributed by atoms with Crippen molar-refractivity contribution in [2.75, 3.05) is 6.61 Å². The molecule has 0 radical (unpaired) electrons. The van der Waals surface area contributed by atoms with E-state index in [4.69, 9.17) is 10.5 Å². The number of rotatable bonds is 5. The van der Waals surface area contributed by atoms with Crippen LogP contribution in [0.4, 0.5) is 0 Å². The summed E-state index contributed by atoms with van der Waals surface area (Å²) in [5.74, 6) is 0. The largest absolute Gasteiger partial charge is 0.378 e. The van der Waals surface area contributed by atoms with Gasteiger partial charge in [0.25, 0.3) is 0 Å². The van der Waals surface area contributed by atoms with E-state index >= 15 is 0 Å². The molecule has 0 spiro atoms. The first-order valence-electron chi connectivity index (χ1n) is 4.31. The SMILES string of the molecule is C=CCCCOC1CC(N)C1. The van der Waals surface area contributed by atoms with Crippen LogP contribution in [0.25, 0.3) is 0 Å². The van der Waals surface area contributed by atoms with Crippen LogP contribution < -0.4 is 5.73 Å². The fraction of sp³-hybridized carbons (Fsp3) is 0.778. The van der Waals surface area contributed by atoms with Gasteiger partial charge in [-0.1, -0.05) is 6.08 Å². The van der Waals surface area contributed by atoms with E-state index in [1.54, 1.807) is 0 Å². The molecule has 0 aromatic heterocycles. The lowest BCUT2D eigenvalue weighted by atomic mass is 9.90. The van der Waals surface area contributed by atoms with Crippen LogP contribution in [0.1, 0.15) is 25.7 Å². The van der Waals surface area contributed by atoms with Crippen LogP contribution in [0.2, 0.25) is 0 Å². The first kappa shape index (κ1) is 8.75. The van der Waals surface area contributed by atoms with Gasteiger partial charge in [-0.2, -0.15) is 0 Å². The van der Waals surface area contributed by atoms with E-state index in [1.165, 1.54) is 0 Å². The zero-order chi connectivity index (χ0) is 8.10. The minimum atomic E-state index is 0.402. The Hall–Kier alpha value is -0.340. The topological polar surface area (TPSA) is 35.2 Å². The molecule has 0 bridgehead atoms. The molecule has 0 heterocycles.